The number of ether oxygens (including phenoxy) is 1. The Bertz CT molecular complexity index is 442. The molecule has 0 saturated carbocycles. The Morgan fingerprint density at radius 1 is 1.06 bits per heavy atom. The second kappa shape index (κ2) is 5.17. The Hall–Kier alpha value is -1.28. The molecule has 2 heteroatoms. The molecule has 1 heterocycles. The third-order valence-corrected chi connectivity index (χ3v) is 3.73. The van der Waals surface area contributed by atoms with Crippen molar-refractivity contribution in [1.82, 2.24) is 0 Å². The molecule has 2 aromatic rings. The van der Waals surface area contributed by atoms with E-state index in [1.807, 2.05) is 23.5 Å². The van der Waals surface area contributed by atoms with E-state index >= 15 is 0 Å². The highest BCUT2D eigenvalue weighted by Crippen LogP contribution is 2.29. The Morgan fingerprint density at radius 3 is 2.44 bits per heavy atom. The lowest BCUT2D eigenvalue weighted by molar-refractivity contribution is 0.415. The van der Waals surface area contributed by atoms with E-state index in [0.29, 0.717) is 0 Å². The van der Waals surface area contributed by atoms with E-state index in [2.05, 4.69) is 31.2 Å². The largest absolute Gasteiger partial charge is 0.497 e. The highest BCUT2D eigenvalue weighted by atomic mass is 32.1. The topological polar surface area (TPSA) is 9.23 Å². The highest BCUT2D eigenvalue weighted by molar-refractivity contribution is 7.15. The van der Waals surface area contributed by atoms with E-state index in [9.17, 15) is 0 Å². The number of benzene rings is 1. The van der Waals surface area contributed by atoms with Gasteiger partial charge in [0.15, 0.2) is 0 Å². The minimum absolute atomic E-state index is 0.911. The summed E-state index contributed by atoms with van der Waals surface area (Å²) in [5.41, 5.74) is 1.27. The van der Waals surface area contributed by atoms with E-state index in [-0.39, 0.29) is 0 Å². The van der Waals surface area contributed by atoms with E-state index < -0.39 is 0 Å². The molecular formula is C14H16OS. The summed E-state index contributed by atoms with van der Waals surface area (Å²) in [5, 5.41) is 0. The molecule has 0 spiro atoms. The van der Waals surface area contributed by atoms with Gasteiger partial charge in [0.2, 0.25) is 0 Å². The van der Waals surface area contributed by atoms with Crippen molar-refractivity contribution in [2.75, 3.05) is 7.11 Å². The van der Waals surface area contributed by atoms with Gasteiger partial charge in [0.05, 0.1) is 7.11 Å². The zero-order valence-corrected chi connectivity index (χ0v) is 10.5. The van der Waals surface area contributed by atoms with Crippen LogP contribution >= 0.6 is 11.3 Å². The average molecular weight is 232 g/mol. The fraction of sp³-hybridized carbons (Fsp3) is 0.286. The maximum absolute atomic E-state index is 5.15. The molecule has 0 bridgehead atoms. The van der Waals surface area contributed by atoms with E-state index in [4.69, 9.17) is 4.74 Å². The molecule has 84 valence electrons. The zero-order chi connectivity index (χ0) is 11.4. The molecule has 0 N–H and O–H groups in total. The number of rotatable bonds is 4. The van der Waals surface area contributed by atoms with Gasteiger partial charge in [0.25, 0.3) is 0 Å². The smallest absolute Gasteiger partial charge is 0.118 e. The maximum atomic E-state index is 5.15. The van der Waals surface area contributed by atoms with Crippen molar-refractivity contribution in [3.63, 3.8) is 0 Å². The maximum Gasteiger partial charge on any atom is 0.118 e. The summed E-state index contributed by atoms with van der Waals surface area (Å²) in [5.74, 6) is 0.911. The number of thiophene rings is 1. The second-order valence-electron chi connectivity index (χ2n) is 3.74. The van der Waals surface area contributed by atoms with Gasteiger partial charge in [0.1, 0.15) is 5.75 Å². The molecule has 2 rings (SSSR count). The van der Waals surface area contributed by atoms with Gasteiger partial charge in [-0.15, -0.1) is 11.3 Å². The number of hydrogen-bond donors (Lipinski definition) is 0. The molecule has 0 saturated heterocycles. The first kappa shape index (κ1) is 11.2. The Balaban J connectivity index is 2.21. The molecule has 0 aliphatic carbocycles. The number of aryl methyl sites for hydroxylation is 1. The standard InChI is InChI=1S/C14H16OS/c1-3-4-13-9-10-14(16-13)11-5-7-12(15-2)8-6-11/h5-10H,3-4H2,1-2H3. The molecule has 1 aromatic heterocycles. The Kier molecular flexibility index (Phi) is 3.62. The summed E-state index contributed by atoms with van der Waals surface area (Å²) in [7, 11) is 1.69. The molecule has 0 aliphatic rings. The summed E-state index contributed by atoms with van der Waals surface area (Å²) in [6.07, 6.45) is 2.39. The van der Waals surface area contributed by atoms with Crippen LogP contribution in [0, 0.1) is 0 Å². The monoisotopic (exact) mass is 232 g/mol. The zero-order valence-electron chi connectivity index (χ0n) is 9.69. The summed E-state index contributed by atoms with van der Waals surface area (Å²) >= 11 is 1.88. The van der Waals surface area contributed by atoms with Crippen molar-refractivity contribution < 1.29 is 4.74 Å². The first-order valence-electron chi connectivity index (χ1n) is 5.56. The van der Waals surface area contributed by atoms with Crippen molar-refractivity contribution >= 4 is 11.3 Å². The van der Waals surface area contributed by atoms with Crippen molar-refractivity contribution in [3.8, 4) is 16.2 Å². The predicted octanol–water partition coefficient (Wildman–Crippen LogP) is 4.38. The van der Waals surface area contributed by atoms with Gasteiger partial charge in [-0.05, 0) is 48.4 Å². The van der Waals surface area contributed by atoms with E-state index in [0.717, 1.165) is 5.75 Å². The number of methoxy groups -OCH3 is 1. The fourth-order valence-corrected chi connectivity index (χ4v) is 2.78. The van der Waals surface area contributed by atoms with Crippen LogP contribution in [0.15, 0.2) is 36.4 Å². The van der Waals surface area contributed by atoms with Gasteiger partial charge < -0.3 is 4.74 Å². The van der Waals surface area contributed by atoms with Gasteiger partial charge in [-0.25, -0.2) is 0 Å². The van der Waals surface area contributed by atoms with Gasteiger partial charge in [-0.1, -0.05) is 13.3 Å². The van der Waals surface area contributed by atoms with Gasteiger partial charge in [-0.2, -0.15) is 0 Å². The lowest BCUT2D eigenvalue weighted by atomic mass is 10.2. The second-order valence-corrected chi connectivity index (χ2v) is 4.91. The van der Waals surface area contributed by atoms with Crippen LogP contribution < -0.4 is 4.74 Å². The molecule has 1 aromatic carbocycles. The van der Waals surface area contributed by atoms with Gasteiger partial charge >= 0.3 is 0 Å². The Labute approximate surface area is 101 Å². The van der Waals surface area contributed by atoms with Gasteiger partial charge in [-0.3, -0.25) is 0 Å². The molecule has 0 amide bonds. The minimum Gasteiger partial charge on any atom is -0.497 e. The highest BCUT2D eigenvalue weighted by Gasteiger charge is 2.02. The third-order valence-electron chi connectivity index (χ3n) is 2.53. The van der Waals surface area contributed by atoms with Crippen LogP contribution in [0.2, 0.25) is 0 Å². The van der Waals surface area contributed by atoms with Crippen molar-refractivity contribution in [3.05, 3.63) is 41.3 Å². The summed E-state index contributed by atoms with van der Waals surface area (Å²) < 4.78 is 5.15. The lowest BCUT2D eigenvalue weighted by Gasteiger charge is -2.00. The Morgan fingerprint density at radius 2 is 1.81 bits per heavy atom. The first-order chi connectivity index (χ1) is 7.83. The molecule has 0 aliphatic heterocycles. The third kappa shape index (κ3) is 2.45. The summed E-state index contributed by atoms with van der Waals surface area (Å²) in [6.45, 7) is 2.22. The fourth-order valence-electron chi connectivity index (χ4n) is 1.67. The van der Waals surface area contributed by atoms with Crippen LogP contribution in [0.4, 0.5) is 0 Å². The van der Waals surface area contributed by atoms with E-state index in [1.54, 1.807) is 7.11 Å². The van der Waals surface area contributed by atoms with E-state index in [1.165, 1.54) is 28.2 Å². The average Bonchev–Trinajstić information content (AvgIpc) is 2.78. The van der Waals surface area contributed by atoms with Crippen LogP contribution in [-0.4, -0.2) is 7.11 Å². The molecule has 0 atom stereocenters. The van der Waals surface area contributed by atoms with Crippen LogP contribution in [0.1, 0.15) is 18.2 Å². The van der Waals surface area contributed by atoms with Crippen LogP contribution in [-0.2, 0) is 6.42 Å². The quantitative estimate of drug-likeness (QED) is 0.760. The molecular weight excluding hydrogens is 216 g/mol. The predicted molar refractivity (Wildman–Crippen MR) is 70.3 cm³/mol. The number of hydrogen-bond acceptors (Lipinski definition) is 2. The first-order valence-corrected chi connectivity index (χ1v) is 6.38. The van der Waals surface area contributed by atoms with Crippen LogP contribution in [0.25, 0.3) is 10.4 Å². The minimum atomic E-state index is 0.911. The molecule has 1 nitrogen and oxygen atoms in total. The molecule has 0 fully saturated rings. The molecule has 0 unspecified atom stereocenters. The van der Waals surface area contributed by atoms with Crippen LogP contribution in [0.5, 0.6) is 5.75 Å². The molecule has 0 radical (unpaired) electrons. The van der Waals surface area contributed by atoms with Crippen molar-refractivity contribution in [1.29, 1.82) is 0 Å². The van der Waals surface area contributed by atoms with Crippen molar-refractivity contribution in [2.24, 2.45) is 0 Å². The van der Waals surface area contributed by atoms with Gasteiger partial charge in [0, 0.05) is 9.75 Å². The van der Waals surface area contributed by atoms with Crippen LogP contribution in [0.3, 0.4) is 0 Å². The lowest BCUT2D eigenvalue weighted by Crippen LogP contribution is -1.81. The van der Waals surface area contributed by atoms with Crippen molar-refractivity contribution in [2.45, 2.75) is 19.8 Å². The molecule has 16 heavy (non-hydrogen) atoms. The normalized spacial score (nSPS) is 10.4. The summed E-state index contributed by atoms with van der Waals surface area (Å²) in [6, 6.07) is 12.7. The summed E-state index contributed by atoms with van der Waals surface area (Å²) in [4.78, 5) is 2.81. The SMILES string of the molecule is CCCc1ccc(-c2ccc(OC)cc2)s1.